The molecule has 0 aliphatic heterocycles. The van der Waals surface area contributed by atoms with Gasteiger partial charge in [0.25, 0.3) is 0 Å². The molecule has 0 amide bonds. The molecule has 0 bridgehead atoms. The summed E-state index contributed by atoms with van der Waals surface area (Å²) in [6.07, 6.45) is 1.72. The second-order valence-corrected chi connectivity index (χ2v) is 4.72. The molecule has 1 unspecified atom stereocenters. The third kappa shape index (κ3) is 2.37. The average molecular weight is 255 g/mol. The lowest BCUT2D eigenvalue weighted by Gasteiger charge is -2.10. The van der Waals surface area contributed by atoms with Crippen molar-refractivity contribution in [3.8, 4) is 0 Å². The van der Waals surface area contributed by atoms with E-state index in [2.05, 4.69) is 32.2 Å². The minimum Gasteiger partial charge on any atom is -0.348 e. The van der Waals surface area contributed by atoms with Crippen LogP contribution in [0.1, 0.15) is 30.2 Å². The largest absolute Gasteiger partial charge is 0.348 e. The Kier molecular flexibility index (Phi) is 3.05. The molecular formula is C14H17N5. The van der Waals surface area contributed by atoms with Crippen molar-refractivity contribution < 1.29 is 0 Å². The van der Waals surface area contributed by atoms with Gasteiger partial charge in [-0.25, -0.2) is 9.97 Å². The van der Waals surface area contributed by atoms with E-state index in [4.69, 9.17) is 0 Å². The molecule has 0 radical (unpaired) electrons. The summed E-state index contributed by atoms with van der Waals surface area (Å²) in [5.41, 5.74) is 4.22. The fraction of sp³-hybridized carbons (Fsp3) is 0.286. The molecule has 2 heterocycles. The van der Waals surface area contributed by atoms with Crippen LogP contribution in [0.5, 0.6) is 0 Å². The molecule has 0 fully saturated rings. The van der Waals surface area contributed by atoms with Crippen LogP contribution in [-0.2, 0) is 6.54 Å². The number of nitrogens with one attached hydrogen (secondary N) is 3. The smallest absolute Gasteiger partial charge is 0.124 e. The highest BCUT2D eigenvalue weighted by Crippen LogP contribution is 2.15. The standard InChI is InChI=1S/C14H17N5/c1-9-13(17-8-16-9)7-15-10(2)14-18-11-5-3-4-6-12(11)19-14/h3-6,8,10,15H,7H2,1-2H3,(H,16,17)(H,18,19). The van der Waals surface area contributed by atoms with Crippen LogP contribution in [0.15, 0.2) is 30.6 Å². The number of hydrogen-bond donors (Lipinski definition) is 3. The zero-order chi connectivity index (χ0) is 13.2. The summed E-state index contributed by atoms with van der Waals surface area (Å²) >= 11 is 0. The Morgan fingerprint density at radius 2 is 2.16 bits per heavy atom. The molecule has 2 aromatic heterocycles. The van der Waals surface area contributed by atoms with Gasteiger partial charge in [-0.3, -0.25) is 0 Å². The van der Waals surface area contributed by atoms with Crippen LogP contribution < -0.4 is 5.32 Å². The highest BCUT2D eigenvalue weighted by atomic mass is 15.0. The second kappa shape index (κ2) is 4.85. The fourth-order valence-corrected chi connectivity index (χ4v) is 2.09. The molecule has 19 heavy (non-hydrogen) atoms. The van der Waals surface area contributed by atoms with Crippen molar-refractivity contribution in [2.45, 2.75) is 26.4 Å². The zero-order valence-corrected chi connectivity index (χ0v) is 11.1. The molecule has 3 aromatic rings. The molecule has 5 heteroatoms. The molecule has 98 valence electrons. The van der Waals surface area contributed by atoms with Gasteiger partial charge in [0, 0.05) is 12.2 Å². The Labute approximate surface area is 111 Å². The minimum atomic E-state index is 0.156. The third-order valence-corrected chi connectivity index (χ3v) is 3.33. The van der Waals surface area contributed by atoms with E-state index in [0.717, 1.165) is 34.8 Å². The second-order valence-electron chi connectivity index (χ2n) is 4.72. The number of para-hydroxylation sites is 2. The first kappa shape index (κ1) is 11.9. The Bertz CT molecular complexity index is 649. The van der Waals surface area contributed by atoms with Crippen molar-refractivity contribution in [3.05, 3.63) is 47.8 Å². The van der Waals surface area contributed by atoms with E-state index in [1.807, 2.05) is 31.2 Å². The molecule has 5 nitrogen and oxygen atoms in total. The van der Waals surface area contributed by atoms with Gasteiger partial charge in [-0.05, 0) is 26.0 Å². The number of aromatic nitrogens is 4. The summed E-state index contributed by atoms with van der Waals surface area (Å²) in [7, 11) is 0. The van der Waals surface area contributed by atoms with Gasteiger partial charge in [-0.1, -0.05) is 12.1 Å². The van der Waals surface area contributed by atoms with Gasteiger partial charge in [-0.15, -0.1) is 0 Å². The van der Waals surface area contributed by atoms with E-state index in [0.29, 0.717) is 0 Å². The number of H-pyrrole nitrogens is 2. The first-order chi connectivity index (χ1) is 9.24. The Hall–Kier alpha value is -2.14. The van der Waals surface area contributed by atoms with Crippen LogP contribution in [0.25, 0.3) is 11.0 Å². The van der Waals surface area contributed by atoms with E-state index >= 15 is 0 Å². The van der Waals surface area contributed by atoms with E-state index < -0.39 is 0 Å². The van der Waals surface area contributed by atoms with Gasteiger partial charge in [0.05, 0.1) is 29.1 Å². The lowest BCUT2D eigenvalue weighted by molar-refractivity contribution is 0.546. The van der Waals surface area contributed by atoms with Crippen molar-refractivity contribution in [1.29, 1.82) is 0 Å². The number of aromatic amines is 2. The maximum Gasteiger partial charge on any atom is 0.124 e. The predicted molar refractivity (Wildman–Crippen MR) is 74.7 cm³/mol. The number of imidazole rings is 2. The van der Waals surface area contributed by atoms with Crippen molar-refractivity contribution in [2.24, 2.45) is 0 Å². The number of rotatable bonds is 4. The van der Waals surface area contributed by atoms with Crippen LogP contribution in [0, 0.1) is 6.92 Å². The van der Waals surface area contributed by atoms with E-state index in [9.17, 15) is 0 Å². The molecule has 0 aliphatic rings. The van der Waals surface area contributed by atoms with E-state index in [1.165, 1.54) is 0 Å². The molecule has 0 spiro atoms. The highest BCUT2D eigenvalue weighted by Gasteiger charge is 2.11. The molecule has 3 rings (SSSR count). The monoisotopic (exact) mass is 255 g/mol. The highest BCUT2D eigenvalue weighted by molar-refractivity contribution is 5.74. The van der Waals surface area contributed by atoms with E-state index in [1.54, 1.807) is 6.33 Å². The number of aryl methyl sites for hydroxylation is 1. The van der Waals surface area contributed by atoms with Crippen molar-refractivity contribution in [3.63, 3.8) is 0 Å². The first-order valence-corrected chi connectivity index (χ1v) is 6.41. The maximum atomic E-state index is 4.59. The van der Waals surface area contributed by atoms with Crippen molar-refractivity contribution in [1.82, 2.24) is 25.3 Å². The lowest BCUT2D eigenvalue weighted by Crippen LogP contribution is -2.19. The zero-order valence-electron chi connectivity index (χ0n) is 11.1. The topological polar surface area (TPSA) is 69.4 Å². The number of nitrogens with zero attached hydrogens (tertiary/aromatic N) is 2. The molecule has 0 saturated heterocycles. The van der Waals surface area contributed by atoms with Crippen LogP contribution >= 0.6 is 0 Å². The molecule has 0 saturated carbocycles. The average Bonchev–Trinajstić information content (AvgIpc) is 3.01. The minimum absolute atomic E-state index is 0.156. The van der Waals surface area contributed by atoms with Gasteiger partial charge in [0.1, 0.15) is 5.82 Å². The normalized spacial score (nSPS) is 12.9. The quantitative estimate of drug-likeness (QED) is 0.670. The third-order valence-electron chi connectivity index (χ3n) is 3.33. The van der Waals surface area contributed by atoms with Gasteiger partial charge >= 0.3 is 0 Å². The number of hydrogen-bond acceptors (Lipinski definition) is 3. The van der Waals surface area contributed by atoms with Crippen molar-refractivity contribution >= 4 is 11.0 Å². The summed E-state index contributed by atoms with van der Waals surface area (Å²) in [6.45, 7) is 4.85. The summed E-state index contributed by atoms with van der Waals surface area (Å²) in [4.78, 5) is 15.3. The van der Waals surface area contributed by atoms with Gasteiger partial charge < -0.3 is 15.3 Å². The predicted octanol–water partition coefficient (Wildman–Crippen LogP) is 2.45. The van der Waals surface area contributed by atoms with Gasteiger partial charge in [-0.2, -0.15) is 0 Å². The molecule has 1 aromatic carbocycles. The SMILES string of the molecule is Cc1[nH]cnc1CNC(C)c1nc2ccccc2[nH]1. The summed E-state index contributed by atoms with van der Waals surface area (Å²) in [6, 6.07) is 8.22. The van der Waals surface area contributed by atoms with Crippen LogP contribution in [0.3, 0.4) is 0 Å². The molecule has 3 N–H and O–H groups in total. The van der Waals surface area contributed by atoms with Crippen LogP contribution in [-0.4, -0.2) is 19.9 Å². The number of fused-ring (bicyclic) bond motifs is 1. The molecule has 1 atom stereocenters. The maximum absolute atomic E-state index is 4.59. The summed E-state index contributed by atoms with van der Waals surface area (Å²) < 4.78 is 0. The van der Waals surface area contributed by atoms with Crippen LogP contribution in [0.4, 0.5) is 0 Å². The van der Waals surface area contributed by atoms with Gasteiger partial charge in [0.2, 0.25) is 0 Å². The Balaban J connectivity index is 1.73. The first-order valence-electron chi connectivity index (χ1n) is 6.41. The Morgan fingerprint density at radius 3 is 2.89 bits per heavy atom. The number of benzene rings is 1. The molecular weight excluding hydrogens is 238 g/mol. The summed E-state index contributed by atoms with van der Waals surface area (Å²) in [5.74, 6) is 0.953. The Morgan fingerprint density at radius 1 is 1.32 bits per heavy atom. The lowest BCUT2D eigenvalue weighted by atomic mass is 10.3. The van der Waals surface area contributed by atoms with Gasteiger partial charge in [0.15, 0.2) is 0 Å². The summed E-state index contributed by atoms with van der Waals surface area (Å²) in [5, 5.41) is 3.43. The van der Waals surface area contributed by atoms with E-state index in [-0.39, 0.29) is 6.04 Å². The van der Waals surface area contributed by atoms with Crippen molar-refractivity contribution in [2.75, 3.05) is 0 Å². The van der Waals surface area contributed by atoms with Crippen LogP contribution in [0.2, 0.25) is 0 Å². The molecule has 0 aliphatic carbocycles. The fourth-order valence-electron chi connectivity index (χ4n) is 2.09.